The zero-order valence-corrected chi connectivity index (χ0v) is 15.4. The van der Waals surface area contributed by atoms with Crippen molar-refractivity contribution in [2.75, 3.05) is 10.6 Å². The molecule has 136 valence electrons. The van der Waals surface area contributed by atoms with Gasteiger partial charge in [0, 0.05) is 17.8 Å². The molecule has 0 saturated heterocycles. The van der Waals surface area contributed by atoms with Crippen molar-refractivity contribution in [1.82, 2.24) is 0 Å². The van der Waals surface area contributed by atoms with E-state index in [4.69, 9.17) is 0 Å². The Morgan fingerprint density at radius 3 is 2.04 bits per heavy atom. The summed E-state index contributed by atoms with van der Waals surface area (Å²) in [6.07, 6.45) is 2.71. The summed E-state index contributed by atoms with van der Waals surface area (Å²) in [4.78, 5) is 24.6. The van der Waals surface area contributed by atoms with Crippen LogP contribution >= 0.6 is 0 Å². The minimum atomic E-state index is -0.0957. The molecule has 1 aliphatic carbocycles. The maximum atomic E-state index is 12.8. The van der Waals surface area contributed by atoms with E-state index in [1.165, 1.54) is 0 Å². The van der Waals surface area contributed by atoms with Crippen LogP contribution in [-0.4, -0.2) is 11.8 Å². The minimum Gasteiger partial charge on any atom is -0.326 e. The van der Waals surface area contributed by atoms with Gasteiger partial charge in [0.25, 0.3) is 0 Å². The second-order valence-corrected chi connectivity index (χ2v) is 7.44. The molecule has 2 aromatic carbocycles. The molecular formula is C22H26N2O2. The molecule has 0 aliphatic heterocycles. The lowest BCUT2D eigenvalue weighted by atomic mass is 9.93. The fourth-order valence-corrected chi connectivity index (χ4v) is 3.17. The van der Waals surface area contributed by atoms with Gasteiger partial charge >= 0.3 is 0 Å². The summed E-state index contributed by atoms with van der Waals surface area (Å²) in [7, 11) is 0. The standard InChI is InChI=1S/C22H26N2O2/c1-15(2)14-20(25)23-18-10-12-19(13-11-18)24-22(26)21(17-8-9-17)16-6-4-3-5-7-16/h3-7,10-13,15,17,21H,8-9,14H2,1-2H3,(H,23,25)(H,24,26)/t21-/m0/s1. The quantitative estimate of drug-likeness (QED) is 0.753. The highest BCUT2D eigenvalue weighted by atomic mass is 16.2. The van der Waals surface area contributed by atoms with Gasteiger partial charge in [-0.3, -0.25) is 9.59 Å². The molecule has 2 amide bonds. The van der Waals surface area contributed by atoms with Gasteiger partial charge < -0.3 is 10.6 Å². The van der Waals surface area contributed by atoms with Crippen LogP contribution in [0.1, 0.15) is 44.6 Å². The summed E-state index contributed by atoms with van der Waals surface area (Å²) in [6.45, 7) is 4.03. The Bertz CT molecular complexity index is 749. The van der Waals surface area contributed by atoms with E-state index in [1.54, 1.807) is 0 Å². The maximum Gasteiger partial charge on any atom is 0.232 e. The number of anilines is 2. The molecule has 0 radical (unpaired) electrons. The lowest BCUT2D eigenvalue weighted by Gasteiger charge is -2.17. The van der Waals surface area contributed by atoms with Crippen LogP contribution in [0.2, 0.25) is 0 Å². The molecule has 0 heterocycles. The van der Waals surface area contributed by atoms with E-state index in [9.17, 15) is 9.59 Å². The van der Waals surface area contributed by atoms with E-state index in [0.29, 0.717) is 18.3 Å². The smallest absolute Gasteiger partial charge is 0.232 e. The van der Waals surface area contributed by atoms with Crippen LogP contribution < -0.4 is 10.6 Å². The van der Waals surface area contributed by atoms with Crippen LogP contribution in [0.15, 0.2) is 54.6 Å². The summed E-state index contributed by atoms with van der Waals surface area (Å²) in [5.74, 6) is 0.712. The predicted octanol–water partition coefficient (Wildman–Crippen LogP) is 4.80. The van der Waals surface area contributed by atoms with Gasteiger partial charge in [-0.25, -0.2) is 0 Å². The van der Waals surface area contributed by atoms with E-state index in [-0.39, 0.29) is 17.7 Å². The number of hydrogen-bond donors (Lipinski definition) is 2. The second-order valence-electron chi connectivity index (χ2n) is 7.44. The topological polar surface area (TPSA) is 58.2 Å². The van der Waals surface area contributed by atoms with Crippen LogP contribution in [0.25, 0.3) is 0 Å². The molecule has 1 fully saturated rings. The molecule has 0 spiro atoms. The van der Waals surface area contributed by atoms with E-state index in [2.05, 4.69) is 10.6 Å². The van der Waals surface area contributed by atoms with E-state index < -0.39 is 0 Å². The molecule has 4 nitrogen and oxygen atoms in total. The highest BCUT2D eigenvalue weighted by Crippen LogP contribution is 2.43. The summed E-state index contributed by atoms with van der Waals surface area (Å²) in [5.41, 5.74) is 2.57. The Morgan fingerprint density at radius 2 is 1.50 bits per heavy atom. The van der Waals surface area contributed by atoms with Crippen molar-refractivity contribution in [3.05, 3.63) is 60.2 Å². The molecule has 26 heavy (non-hydrogen) atoms. The van der Waals surface area contributed by atoms with Gasteiger partial charge in [0.1, 0.15) is 0 Å². The third-order valence-corrected chi connectivity index (χ3v) is 4.56. The zero-order valence-electron chi connectivity index (χ0n) is 15.4. The largest absolute Gasteiger partial charge is 0.326 e. The summed E-state index contributed by atoms with van der Waals surface area (Å²) >= 11 is 0. The number of amides is 2. The van der Waals surface area contributed by atoms with Crippen molar-refractivity contribution in [2.24, 2.45) is 11.8 Å². The van der Waals surface area contributed by atoms with E-state index >= 15 is 0 Å². The first-order valence-corrected chi connectivity index (χ1v) is 9.28. The number of carbonyl (C=O) groups is 2. The van der Waals surface area contributed by atoms with Gasteiger partial charge in [-0.05, 0) is 54.5 Å². The van der Waals surface area contributed by atoms with Crippen molar-refractivity contribution in [2.45, 2.75) is 39.0 Å². The van der Waals surface area contributed by atoms with Crippen molar-refractivity contribution in [3.8, 4) is 0 Å². The molecule has 1 saturated carbocycles. The van der Waals surface area contributed by atoms with Crippen molar-refractivity contribution < 1.29 is 9.59 Å². The Balaban J connectivity index is 1.63. The van der Waals surface area contributed by atoms with Crippen LogP contribution in [0.5, 0.6) is 0 Å². The highest BCUT2D eigenvalue weighted by Gasteiger charge is 2.37. The third kappa shape index (κ3) is 4.94. The molecule has 3 rings (SSSR count). The van der Waals surface area contributed by atoms with Gasteiger partial charge in [-0.2, -0.15) is 0 Å². The Labute approximate surface area is 155 Å². The van der Waals surface area contributed by atoms with Gasteiger partial charge in [0.05, 0.1) is 5.92 Å². The molecule has 0 unspecified atom stereocenters. The average molecular weight is 350 g/mol. The second kappa shape index (κ2) is 8.17. The Kier molecular flexibility index (Phi) is 5.71. The van der Waals surface area contributed by atoms with E-state index in [1.807, 2.05) is 68.4 Å². The normalized spacial score (nSPS) is 14.7. The molecule has 2 N–H and O–H groups in total. The first-order chi connectivity index (χ1) is 12.5. The molecule has 2 aromatic rings. The minimum absolute atomic E-state index is 0.00895. The maximum absolute atomic E-state index is 12.8. The molecule has 0 bridgehead atoms. The lowest BCUT2D eigenvalue weighted by Crippen LogP contribution is -2.22. The van der Waals surface area contributed by atoms with Crippen molar-refractivity contribution in [3.63, 3.8) is 0 Å². The molecule has 1 atom stereocenters. The first kappa shape index (κ1) is 18.2. The number of rotatable bonds is 7. The highest BCUT2D eigenvalue weighted by molar-refractivity contribution is 5.97. The predicted molar refractivity (Wildman–Crippen MR) is 105 cm³/mol. The SMILES string of the molecule is CC(C)CC(=O)Nc1ccc(NC(=O)[C@@H](c2ccccc2)C2CC2)cc1. The first-order valence-electron chi connectivity index (χ1n) is 9.28. The van der Waals surface area contributed by atoms with E-state index in [0.717, 1.165) is 29.8 Å². The Morgan fingerprint density at radius 1 is 0.923 bits per heavy atom. The molecule has 1 aliphatic rings. The van der Waals surface area contributed by atoms with Crippen LogP contribution in [0, 0.1) is 11.8 Å². The van der Waals surface area contributed by atoms with Crippen molar-refractivity contribution >= 4 is 23.2 Å². The number of hydrogen-bond acceptors (Lipinski definition) is 2. The molecular weight excluding hydrogens is 324 g/mol. The van der Waals surface area contributed by atoms with Crippen LogP contribution in [-0.2, 0) is 9.59 Å². The zero-order chi connectivity index (χ0) is 18.5. The van der Waals surface area contributed by atoms with Crippen LogP contribution in [0.4, 0.5) is 11.4 Å². The number of carbonyl (C=O) groups excluding carboxylic acids is 2. The average Bonchev–Trinajstić information content (AvgIpc) is 3.42. The van der Waals surface area contributed by atoms with Gasteiger partial charge in [-0.15, -0.1) is 0 Å². The van der Waals surface area contributed by atoms with Crippen LogP contribution in [0.3, 0.4) is 0 Å². The fraction of sp³-hybridized carbons (Fsp3) is 0.364. The summed E-state index contributed by atoms with van der Waals surface area (Å²) in [5, 5.41) is 5.90. The molecule has 0 aromatic heterocycles. The van der Waals surface area contributed by atoms with Gasteiger partial charge in [-0.1, -0.05) is 44.2 Å². The number of nitrogens with one attached hydrogen (secondary N) is 2. The number of benzene rings is 2. The molecule has 4 heteroatoms. The fourth-order valence-electron chi connectivity index (χ4n) is 3.17. The lowest BCUT2D eigenvalue weighted by molar-refractivity contribution is -0.118. The van der Waals surface area contributed by atoms with Gasteiger partial charge in [0.2, 0.25) is 11.8 Å². The third-order valence-electron chi connectivity index (χ3n) is 4.56. The monoisotopic (exact) mass is 350 g/mol. The Hall–Kier alpha value is -2.62. The van der Waals surface area contributed by atoms with Crippen molar-refractivity contribution in [1.29, 1.82) is 0 Å². The van der Waals surface area contributed by atoms with Gasteiger partial charge in [0.15, 0.2) is 0 Å². The summed E-state index contributed by atoms with van der Waals surface area (Å²) < 4.78 is 0. The summed E-state index contributed by atoms with van der Waals surface area (Å²) in [6, 6.07) is 17.3.